The van der Waals surface area contributed by atoms with Gasteiger partial charge < -0.3 is 10.6 Å². The predicted molar refractivity (Wildman–Crippen MR) is 82.8 cm³/mol. The third kappa shape index (κ3) is 2.81. The summed E-state index contributed by atoms with van der Waals surface area (Å²) in [5, 5.41) is 0. The number of benzene rings is 1. The molecule has 1 fully saturated rings. The van der Waals surface area contributed by atoms with Gasteiger partial charge in [0.05, 0.1) is 5.56 Å². The van der Waals surface area contributed by atoms with Crippen LogP contribution in [-0.2, 0) is 0 Å². The highest BCUT2D eigenvalue weighted by atomic mass is 16.2. The number of amides is 1. The number of hydrogen-bond donors (Lipinski definition) is 1. The second-order valence-corrected chi connectivity index (χ2v) is 5.36. The molecule has 4 nitrogen and oxygen atoms in total. The molecular weight excluding hydrogens is 262 g/mol. The van der Waals surface area contributed by atoms with Crippen LogP contribution >= 0.6 is 0 Å². The molecular formula is C17H19N3O. The number of likely N-dealkylation sites (tertiary alicyclic amines) is 1. The lowest BCUT2D eigenvalue weighted by atomic mass is 10.1. The van der Waals surface area contributed by atoms with Gasteiger partial charge in [-0.2, -0.15) is 0 Å². The number of carbonyl (C=O) groups excluding carboxylic acids is 1. The van der Waals surface area contributed by atoms with Gasteiger partial charge in [-0.25, -0.2) is 0 Å². The van der Waals surface area contributed by atoms with E-state index in [1.54, 1.807) is 12.4 Å². The molecule has 1 atom stereocenters. The molecule has 108 valence electrons. The summed E-state index contributed by atoms with van der Waals surface area (Å²) in [6.45, 7) is 1.31. The summed E-state index contributed by atoms with van der Waals surface area (Å²) in [6, 6.07) is 12.0. The van der Waals surface area contributed by atoms with E-state index in [9.17, 15) is 4.79 Å². The summed E-state index contributed by atoms with van der Waals surface area (Å²) in [7, 11) is 0. The van der Waals surface area contributed by atoms with Crippen LogP contribution in [0.1, 0.15) is 23.2 Å². The van der Waals surface area contributed by atoms with Gasteiger partial charge in [0.15, 0.2) is 0 Å². The van der Waals surface area contributed by atoms with Gasteiger partial charge in [-0.1, -0.05) is 30.3 Å². The van der Waals surface area contributed by atoms with Gasteiger partial charge in [-0.15, -0.1) is 0 Å². The van der Waals surface area contributed by atoms with Crippen LogP contribution in [0.2, 0.25) is 0 Å². The van der Waals surface area contributed by atoms with E-state index in [4.69, 9.17) is 5.73 Å². The smallest absolute Gasteiger partial charge is 0.255 e. The Kier molecular flexibility index (Phi) is 3.97. The molecule has 3 rings (SSSR count). The maximum atomic E-state index is 12.6. The van der Waals surface area contributed by atoms with Gasteiger partial charge in [0.1, 0.15) is 0 Å². The Hall–Kier alpha value is -2.20. The lowest BCUT2D eigenvalue weighted by molar-refractivity contribution is 0.0741. The van der Waals surface area contributed by atoms with E-state index in [-0.39, 0.29) is 11.9 Å². The third-order valence-corrected chi connectivity index (χ3v) is 4.00. The molecule has 1 aromatic carbocycles. The van der Waals surface area contributed by atoms with Crippen molar-refractivity contribution in [2.45, 2.75) is 18.9 Å². The summed E-state index contributed by atoms with van der Waals surface area (Å²) in [6.07, 6.45) is 5.45. The van der Waals surface area contributed by atoms with Crippen molar-refractivity contribution in [2.24, 2.45) is 5.73 Å². The number of nitrogens with zero attached hydrogens (tertiary/aromatic N) is 2. The van der Waals surface area contributed by atoms with Crippen molar-refractivity contribution in [2.75, 3.05) is 13.1 Å². The van der Waals surface area contributed by atoms with E-state index in [0.717, 1.165) is 30.5 Å². The molecule has 0 aliphatic carbocycles. The molecule has 1 saturated heterocycles. The first-order valence-electron chi connectivity index (χ1n) is 7.31. The van der Waals surface area contributed by atoms with Crippen LogP contribution in [0.25, 0.3) is 11.1 Å². The summed E-state index contributed by atoms with van der Waals surface area (Å²) in [5.41, 5.74) is 8.42. The minimum Gasteiger partial charge on any atom is -0.334 e. The molecule has 1 amide bonds. The van der Waals surface area contributed by atoms with Crippen LogP contribution in [0.5, 0.6) is 0 Å². The summed E-state index contributed by atoms with van der Waals surface area (Å²) in [4.78, 5) is 18.7. The fraction of sp³-hybridized carbons (Fsp3) is 0.294. The largest absolute Gasteiger partial charge is 0.334 e. The fourth-order valence-corrected chi connectivity index (χ4v) is 2.86. The van der Waals surface area contributed by atoms with E-state index < -0.39 is 0 Å². The van der Waals surface area contributed by atoms with Crippen molar-refractivity contribution >= 4 is 5.91 Å². The zero-order valence-electron chi connectivity index (χ0n) is 11.9. The number of carbonyl (C=O) groups is 1. The molecule has 0 saturated carbocycles. The van der Waals surface area contributed by atoms with Gasteiger partial charge in [-0.05, 0) is 24.5 Å². The first kappa shape index (κ1) is 13.8. The van der Waals surface area contributed by atoms with Crippen molar-refractivity contribution in [3.8, 4) is 11.1 Å². The van der Waals surface area contributed by atoms with E-state index in [1.165, 1.54) is 0 Å². The lowest BCUT2D eigenvalue weighted by Crippen LogP contribution is -2.39. The summed E-state index contributed by atoms with van der Waals surface area (Å²) in [5.74, 6) is 0.0354. The van der Waals surface area contributed by atoms with Crippen LogP contribution < -0.4 is 5.73 Å². The monoisotopic (exact) mass is 281 g/mol. The molecule has 1 unspecified atom stereocenters. The van der Waals surface area contributed by atoms with Gasteiger partial charge in [-0.3, -0.25) is 9.78 Å². The average molecular weight is 281 g/mol. The average Bonchev–Trinajstić information content (AvgIpc) is 3.04. The molecule has 1 aliphatic rings. The number of nitrogens with two attached hydrogens (primary N) is 1. The van der Waals surface area contributed by atoms with E-state index in [1.807, 2.05) is 41.3 Å². The Labute approximate surface area is 124 Å². The quantitative estimate of drug-likeness (QED) is 0.939. The first-order valence-corrected chi connectivity index (χ1v) is 7.31. The molecule has 21 heavy (non-hydrogen) atoms. The second kappa shape index (κ2) is 6.06. The lowest BCUT2D eigenvalue weighted by Gasteiger charge is -2.23. The second-order valence-electron chi connectivity index (χ2n) is 5.36. The van der Waals surface area contributed by atoms with Crippen molar-refractivity contribution in [1.29, 1.82) is 0 Å². The van der Waals surface area contributed by atoms with Crippen molar-refractivity contribution in [1.82, 2.24) is 9.88 Å². The molecule has 1 aliphatic heterocycles. The Morgan fingerprint density at radius 2 is 2.05 bits per heavy atom. The van der Waals surface area contributed by atoms with E-state index in [0.29, 0.717) is 12.1 Å². The molecule has 2 aromatic rings. The molecule has 2 N–H and O–H groups in total. The highest BCUT2D eigenvalue weighted by molar-refractivity contribution is 5.95. The Morgan fingerprint density at radius 1 is 1.24 bits per heavy atom. The fourth-order valence-electron chi connectivity index (χ4n) is 2.86. The van der Waals surface area contributed by atoms with Gasteiger partial charge >= 0.3 is 0 Å². The van der Waals surface area contributed by atoms with Crippen molar-refractivity contribution in [3.05, 3.63) is 54.4 Å². The van der Waals surface area contributed by atoms with Crippen LogP contribution in [-0.4, -0.2) is 34.9 Å². The number of aromatic nitrogens is 1. The van der Waals surface area contributed by atoms with E-state index in [2.05, 4.69) is 4.98 Å². The molecule has 0 bridgehead atoms. The number of rotatable bonds is 3. The van der Waals surface area contributed by atoms with Crippen LogP contribution in [0.3, 0.4) is 0 Å². The maximum Gasteiger partial charge on any atom is 0.255 e. The topological polar surface area (TPSA) is 59.2 Å². The van der Waals surface area contributed by atoms with E-state index >= 15 is 0 Å². The number of pyridine rings is 1. The zero-order chi connectivity index (χ0) is 14.7. The van der Waals surface area contributed by atoms with Gasteiger partial charge in [0, 0.05) is 37.1 Å². The summed E-state index contributed by atoms with van der Waals surface area (Å²) >= 11 is 0. The highest BCUT2D eigenvalue weighted by Crippen LogP contribution is 2.22. The Balaban J connectivity index is 1.88. The Bertz CT molecular complexity index is 627. The molecule has 0 radical (unpaired) electrons. The molecule has 2 heterocycles. The van der Waals surface area contributed by atoms with Crippen molar-refractivity contribution < 1.29 is 4.79 Å². The maximum absolute atomic E-state index is 12.6. The highest BCUT2D eigenvalue weighted by Gasteiger charge is 2.28. The van der Waals surface area contributed by atoms with Gasteiger partial charge in [0.25, 0.3) is 5.91 Å². The zero-order valence-corrected chi connectivity index (χ0v) is 11.9. The standard InChI is InChI=1S/C17H19N3O/c18-10-16-7-4-8-20(16)17(21)15-9-14(11-19-12-15)13-5-2-1-3-6-13/h1-3,5-6,9,11-12,16H,4,7-8,10,18H2. The third-order valence-electron chi connectivity index (χ3n) is 4.00. The molecule has 1 aromatic heterocycles. The Morgan fingerprint density at radius 3 is 2.81 bits per heavy atom. The molecule has 0 spiro atoms. The van der Waals surface area contributed by atoms with Crippen LogP contribution in [0.4, 0.5) is 0 Å². The minimum absolute atomic E-state index is 0.0354. The first-order chi connectivity index (χ1) is 10.3. The minimum atomic E-state index is 0.0354. The van der Waals surface area contributed by atoms with Crippen molar-refractivity contribution in [3.63, 3.8) is 0 Å². The van der Waals surface area contributed by atoms with Crippen LogP contribution in [0, 0.1) is 0 Å². The van der Waals surface area contributed by atoms with Gasteiger partial charge in [0.2, 0.25) is 0 Å². The van der Waals surface area contributed by atoms with Crippen LogP contribution in [0.15, 0.2) is 48.8 Å². The predicted octanol–water partition coefficient (Wildman–Crippen LogP) is 2.31. The SMILES string of the molecule is NCC1CCCN1C(=O)c1cncc(-c2ccccc2)c1. The normalized spacial score (nSPS) is 18.0. The molecule has 4 heteroatoms. The number of hydrogen-bond acceptors (Lipinski definition) is 3. The summed E-state index contributed by atoms with van der Waals surface area (Å²) < 4.78 is 0.